The largest absolute Gasteiger partial charge is 0.462 e. The molecule has 0 bridgehead atoms. The van der Waals surface area contributed by atoms with Gasteiger partial charge in [-0.25, -0.2) is 18.6 Å². The monoisotopic (exact) mass is 244 g/mol. The fourth-order valence-corrected chi connectivity index (χ4v) is 1.21. The van der Waals surface area contributed by atoms with E-state index in [0.717, 1.165) is 0 Å². The number of carbonyl (C=O) groups is 1. The molecule has 1 aromatic heterocycles. The van der Waals surface area contributed by atoms with Crippen LogP contribution in [0.4, 0.5) is 13.2 Å². The summed E-state index contributed by atoms with van der Waals surface area (Å²) in [4.78, 5) is 14.4. The number of ether oxygens (including phenoxy) is 1. The Labute approximate surface area is 94.6 Å². The van der Waals surface area contributed by atoms with Crippen LogP contribution in [0.3, 0.4) is 0 Å². The SMILES string of the molecule is CCOC(=O)c1c(C#N)cnc(F)c1C(F)F. The van der Waals surface area contributed by atoms with Crippen molar-refractivity contribution in [1.82, 2.24) is 4.98 Å². The van der Waals surface area contributed by atoms with E-state index in [1.54, 1.807) is 0 Å². The normalized spacial score (nSPS) is 10.1. The predicted octanol–water partition coefficient (Wildman–Crippen LogP) is 2.21. The van der Waals surface area contributed by atoms with Crippen LogP contribution in [0.1, 0.15) is 34.8 Å². The second-order valence-electron chi connectivity index (χ2n) is 2.88. The first-order valence-corrected chi connectivity index (χ1v) is 4.56. The minimum atomic E-state index is -3.25. The van der Waals surface area contributed by atoms with E-state index in [-0.39, 0.29) is 6.61 Å². The maximum absolute atomic E-state index is 13.1. The average molecular weight is 244 g/mol. The van der Waals surface area contributed by atoms with Crippen molar-refractivity contribution in [2.75, 3.05) is 6.61 Å². The highest BCUT2D eigenvalue weighted by molar-refractivity contribution is 5.93. The van der Waals surface area contributed by atoms with E-state index in [1.165, 1.54) is 13.0 Å². The Morgan fingerprint density at radius 2 is 2.29 bits per heavy atom. The van der Waals surface area contributed by atoms with E-state index >= 15 is 0 Å². The molecule has 0 atom stereocenters. The summed E-state index contributed by atoms with van der Waals surface area (Å²) in [7, 11) is 0. The van der Waals surface area contributed by atoms with Crippen LogP contribution in [-0.4, -0.2) is 17.6 Å². The van der Waals surface area contributed by atoms with Crippen LogP contribution in [0.5, 0.6) is 0 Å². The van der Waals surface area contributed by atoms with Crippen molar-refractivity contribution in [1.29, 1.82) is 5.26 Å². The van der Waals surface area contributed by atoms with Gasteiger partial charge in [0, 0.05) is 6.20 Å². The standard InChI is InChI=1S/C10H7F3N2O2/c1-2-17-10(16)6-5(3-14)4-15-9(13)7(6)8(11)12/h4,8H,2H2,1H3. The van der Waals surface area contributed by atoms with E-state index in [9.17, 15) is 18.0 Å². The van der Waals surface area contributed by atoms with Gasteiger partial charge in [0.1, 0.15) is 6.07 Å². The Morgan fingerprint density at radius 1 is 1.65 bits per heavy atom. The Kier molecular flexibility index (Phi) is 4.04. The minimum absolute atomic E-state index is 0.0731. The molecule has 90 valence electrons. The number of hydrogen-bond donors (Lipinski definition) is 0. The molecule has 0 aliphatic heterocycles. The molecule has 0 unspecified atom stereocenters. The van der Waals surface area contributed by atoms with Crippen LogP contribution in [0.2, 0.25) is 0 Å². The van der Waals surface area contributed by atoms with Crippen LogP contribution in [0, 0.1) is 17.3 Å². The number of aromatic nitrogens is 1. The number of alkyl halides is 2. The third-order valence-electron chi connectivity index (χ3n) is 1.89. The van der Waals surface area contributed by atoms with Crippen LogP contribution >= 0.6 is 0 Å². The number of nitriles is 1. The first-order valence-electron chi connectivity index (χ1n) is 4.56. The molecule has 0 saturated heterocycles. The van der Waals surface area contributed by atoms with E-state index in [0.29, 0.717) is 6.20 Å². The Balaban J connectivity index is 3.47. The van der Waals surface area contributed by atoms with E-state index in [4.69, 9.17) is 5.26 Å². The van der Waals surface area contributed by atoms with Gasteiger partial charge in [0.05, 0.1) is 23.3 Å². The first kappa shape index (κ1) is 13.0. The number of hydrogen-bond acceptors (Lipinski definition) is 4. The lowest BCUT2D eigenvalue weighted by Crippen LogP contribution is -2.13. The summed E-state index contributed by atoms with van der Waals surface area (Å²) in [6.07, 6.45) is -2.54. The van der Waals surface area contributed by atoms with Crippen molar-refractivity contribution < 1.29 is 22.7 Å². The second kappa shape index (κ2) is 5.30. The molecule has 0 aromatic carbocycles. The number of nitrogens with zero attached hydrogens (tertiary/aromatic N) is 2. The molecule has 1 heterocycles. The zero-order chi connectivity index (χ0) is 13.0. The first-order chi connectivity index (χ1) is 8.02. The van der Waals surface area contributed by atoms with Crippen molar-refractivity contribution in [3.05, 3.63) is 28.8 Å². The minimum Gasteiger partial charge on any atom is -0.462 e. The van der Waals surface area contributed by atoms with Crippen LogP contribution in [0.15, 0.2) is 6.20 Å². The van der Waals surface area contributed by atoms with Crippen molar-refractivity contribution >= 4 is 5.97 Å². The molecule has 0 saturated carbocycles. The quantitative estimate of drug-likeness (QED) is 0.604. The maximum atomic E-state index is 13.1. The topological polar surface area (TPSA) is 63.0 Å². The predicted molar refractivity (Wildman–Crippen MR) is 49.8 cm³/mol. The molecule has 17 heavy (non-hydrogen) atoms. The number of rotatable bonds is 3. The fraction of sp³-hybridized carbons (Fsp3) is 0.300. The molecule has 0 aliphatic rings. The summed E-state index contributed by atoms with van der Waals surface area (Å²) >= 11 is 0. The zero-order valence-corrected chi connectivity index (χ0v) is 8.71. The average Bonchev–Trinajstić information content (AvgIpc) is 2.28. The molecule has 7 heteroatoms. The highest BCUT2D eigenvalue weighted by atomic mass is 19.3. The number of pyridine rings is 1. The van der Waals surface area contributed by atoms with Gasteiger partial charge in [-0.3, -0.25) is 0 Å². The molecule has 0 amide bonds. The van der Waals surface area contributed by atoms with Gasteiger partial charge in [-0.15, -0.1) is 0 Å². The molecular formula is C10H7F3N2O2. The van der Waals surface area contributed by atoms with Crippen LogP contribution < -0.4 is 0 Å². The number of halogens is 3. The summed E-state index contributed by atoms with van der Waals surface area (Å²) in [5.41, 5.74) is -2.42. The molecule has 0 N–H and O–H groups in total. The summed E-state index contributed by atoms with van der Waals surface area (Å²) in [5.74, 6) is -2.65. The molecular weight excluding hydrogens is 237 g/mol. The van der Waals surface area contributed by atoms with Gasteiger partial charge in [0.2, 0.25) is 5.95 Å². The lowest BCUT2D eigenvalue weighted by atomic mass is 10.1. The highest BCUT2D eigenvalue weighted by Crippen LogP contribution is 2.27. The third kappa shape index (κ3) is 2.53. The number of esters is 1. The second-order valence-corrected chi connectivity index (χ2v) is 2.88. The zero-order valence-electron chi connectivity index (χ0n) is 8.71. The van der Waals surface area contributed by atoms with Crippen LogP contribution in [-0.2, 0) is 4.74 Å². The van der Waals surface area contributed by atoms with Gasteiger partial charge >= 0.3 is 5.97 Å². The smallest absolute Gasteiger partial charge is 0.340 e. The maximum Gasteiger partial charge on any atom is 0.340 e. The van der Waals surface area contributed by atoms with Gasteiger partial charge in [-0.1, -0.05) is 0 Å². The summed E-state index contributed by atoms with van der Waals surface area (Å²) in [6.45, 7) is 1.39. The Hall–Kier alpha value is -2.10. The molecule has 0 aliphatic carbocycles. The molecule has 4 nitrogen and oxygen atoms in total. The van der Waals surface area contributed by atoms with Gasteiger partial charge in [0.15, 0.2) is 0 Å². The van der Waals surface area contributed by atoms with Crippen molar-refractivity contribution in [3.63, 3.8) is 0 Å². The van der Waals surface area contributed by atoms with Gasteiger partial charge < -0.3 is 4.74 Å². The molecule has 1 rings (SSSR count). The highest BCUT2D eigenvalue weighted by Gasteiger charge is 2.28. The van der Waals surface area contributed by atoms with Crippen molar-refractivity contribution in [2.45, 2.75) is 13.3 Å². The van der Waals surface area contributed by atoms with Crippen molar-refractivity contribution in [2.24, 2.45) is 0 Å². The Morgan fingerprint density at radius 3 is 2.76 bits per heavy atom. The van der Waals surface area contributed by atoms with Gasteiger partial charge in [0.25, 0.3) is 6.43 Å². The van der Waals surface area contributed by atoms with Crippen LogP contribution in [0.25, 0.3) is 0 Å². The van der Waals surface area contributed by atoms with Gasteiger partial charge in [-0.05, 0) is 6.92 Å². The summed E-state index contributed by atoms with van der Waals surface area (Å²) in [5, 5.41) is 8.67. The molecule has 0 radical (unpaired) electrons. The molecule has 1 aromatic rings. The van der Waals surface area contributed by atoms with E-state index < -0.39 is 35.0 Å². The summed E-state index contributed by atoms with van der Waals surface area (Å²) in [6, 6.07) is 1.49. The van der Waals surface area contributed by atoms with Crippen molar-refractivity contribution in [3.8, 4) is 6.07 Å². The molecule has 0 spiro atoms. The van der Waals surface area contributed by atoms with Gasteiger partial charge in [-0.2, -0.15) is 9.65 Å². The summed E-state index contributed by atoms with van der Waals surface area (Å²) < 4.78 is 42.8. The lowest BCUT2D eigenvalue weighted by Gasteiger charge is -2.09. The Bertz CT molecular complexity index is 483. The third-order valence-corrected chi connectivity index (χ3v) is 1.89. The number of carbonyl (C=O) groups excluding carboxylic acids is 1. The lowest BCUT2D eigenvalue weighted by molar-refractivity contribution is 0.0512. The van der Waals surface area contributed by atoms with E-state index in [1.807, 2.05) is 0 Å². The molecule has 0 fully saturated rings. The van der Waals surface area contributed by atoms with E-state index in [2.05, 4.69) is 9.72 Å². The fourth-order valence-electron chi connectivity index (χ4n) is 1.21.